The van der Waals surface area contributed by atoms with Gasteiger partial charge in [0, 0.05) is 23.9 Å². The molecule has 0 unspecified atom stereocenters. The third-order valence-electron chi connectivity index (χ3n) is 4.32. The third-order valence-corrected chi connectivity index (χ3v) is 5.58. The molecule has 1 atom stereocenters. The van der Waals surface area contributed by atoms with E-state index >= 15 is 0 Å². The van der Waals surface area contributed by atoms with Crippen molar-refractivity contribution in [3.05, 3.63) is 71.9 Å². The summed E-state index contributed by atoms with van der Waals surface area (Å²) in [6.45, 7) is 0.679. The normalized spacial score (nSPS) is 16.7. The van der Waals surface area contributed by atoms with Gasteiger partial charge in [-0.05, 0) is 17.7 Å². The lowest BCUT2D eigenvalue weighted by molar-refractivity contribution is 0.0750. The van der Waals surface area contributed by atoms with Gasteiger partial charge in [-0.15, -0.1) is 11.8 Å². The minimum absolute atomic E-state index is 0.0468. The highest BCUT2D eigenvalue weighted by molar-refractivity contribution is 7.99. The Hall–Kier alpha value is -2.73. The van der Waals surface area contributed by atoms with Crippen molar-refractivity contribution >= 4 is 17.7 Å². The molecule has 1 aromatic heterocycles. The van der Waals surface area contributed by atoms with Crippen LogP contribution in [-0.4, -0.2) is 35.4 Å². The van der Waals surface area contributed by atoms with Crippen molar-refractivity contribution in [2.24, 2.45) is 0 Å². The highest BCUT2D eigenvalue weighted by atomic mass is 32.2. The number of methoxy groups -OCH3 is 1. The molecule has 3 aromatic rings. The number of ether oxygens (including phenoxy) is 1. The van der Waals surface area contributed by atoms with E-state index in [0.717, 1.165) is 22.6 Å². The molecule has 0 aliphatic carbocycles. The molecule has 1 aliphatic rings. The second-order valence-electron chi connectivity index (χ2n) is 5.94. The molecule has 0 bridgehead atoms. The molecule has 1 aliphatic heterocycles. The number of hydrogen-bond donors (Lipinski definition) is 0. The summed E-state index contributed by atoms with van der Waals surface area (Å²) >= 11 is 1.74. The molecular weight excluding hydrogens is 348 g/mol. The van der Waals surface area contributed by atoms with E-state index < -0.39 is 0 Å². The smallest absolute Gasteiger partial charge is 0.277 e. The quantitative estimate of drug-likeness (QED) is 0.691. The Kier molecular flexibility index (Phi) is 4.67. The zero-order chi connectivity index (χ0) is 17.9. The van der Waals surface area contributed by atoms with Crippen molar-refractivity contribution in [2.45, 2.75) is 5.37 Å². The van der Waals surface area contributed by atoms with Gasteiger partial charge in [-0.25, -0.2) is 0 Å². The van der Waals surface area contributed by atoms with Gasteiger partial charge in [0.15, 0.2) is 11.5 Å². The largest absolute Gasteiger partial charge is 0.497 e. The van der Waals surface area contributed by atoms with Crippen LogP contribution in [0.2, 0.25) is 0 Å². The summed E-state index contributed by atoms with van der Waals surface area (Å²) in [7, 11) is 1.64. The molecule has 4 rings (SSSR count). The van der Waals surface area contributed by atoms with Crippen molar-refractivity contribution in [1.29, 1.82) is 0 Å². The van der Waals surface area contributed by atoms with Gasteiger partial charge >= 0.3 is 0 Å². The summed E-state index contributed by atoms with van der Waals surface area (Å²) in [5, 5.41) is 3.95. The number of aromatic nitrogens is 1. The molecule has 1 saturated heterocycles. The first-order chi connectivity index (χ1) is 12.8. The van der Waals surface area contributed by atoms with Crippen LogP contribution in [0.5, 0.6) is 5.75 Å². The molecule has 2 aromatic carbocycles. The fourth-order valence-corrected chi connectivity index (χ4v) is 4.26. The average molecular weight is 366 g/mol. The topological polar surface area (TPSA) is 55.6 Å². The van der Waals surface area contributed by atoms with Gasteiger partial charge in [-0.2, -0.15) is 0 Å². The zero-order valence-corrected chi connectivity index (χ0v) is 15.1. The van der Waals surface area contributed by atoms with Crippen LogP contribution in [-0.2, 0) is 0 Å². The maximum Gasteiger partial charge on any atom is 0.277 e. The van der Waals surface area contributed by atoms with Crippen LogP contribution in [0.25, 0.3) is 11.3 Å². The van der Waals surface area contributed by atoms with Gasteiger partial charge in [-0.1, -0.05) is 47.6 Å². The lowest BCUT2D eigenvalue weighted by atomic mass is 10.1. The second kappa shape index (κ2) is 7.25. The van der Waals surface area contributed by atoms with Gasteiger partial charge in [0.1, 0.15) is 11.1 Å². The molecule has 1 amide bonds. The minimum atomic E-state index is -0.117. The van der Waals surface area contributed by atoms with E-state index in [9.17, 15) is 4.79 Å². The van der Waals surface area contributed by atoms with Crippen molar-refractivity contribution < 1.29 is 14.1 Å². The monoisotopic (exact) mass is 366 g/mol. The van der Waals surface area contributed by atoms with Crippen molar-refractivity contribution in [3.63, 3.8) is 0 Å². The molecule has 5 nitrogen and oxygen atoms in total. The Morgan fingerprint density at radius 2 is 2.04 bits per heavy atom. The highest BCUT2D eigenvalue weighted by Gasteiger charge is 2.33. The summed E-state index contributed by atoms with van der Waals surface area (Å²) in [6.07, 6.45) is 0. The van der Waals surface area contributed by atoms with E-state index in [2.05, 4.69) is 5.16 Å². The van der Waals surface area contributed by atoms with Gasteiger partial charge in [0.25, 0.3) is 5.91 Å². The molecular formula is C20H18N2O3S. The summed E-state index contributed by atoms with van der Waals surface area (Å²) in [4.78, 5) is 14.8. The molecule has 132 valence electrons. The number of amides is 1. The molecule has 1 fully saturated rings. The molecule has 0 spiro atoms. The fraction of sp³-hybridized carbons (Fsp3) is 0.200. The SMILES string of the molecule is COc1cccc([C@H]2SCCN2C(=O)c2cc(-c3ccccc3)on2)c1. The first kappa shape index (κ1) is 16.7. The molecule has 6 heteroatoms. The maximum atomic E-state index is 13.0. The summed E-state index contributed by atoms with van der Waals surface area (Å²) in [5.74, 6) is 2.15. The first-order valence-electron chi connectivity index (χ1n) is 8.35. The average Bonchev–Trinajstić information content (AvgIpc) is 3.38. The van der Waals surface area contributed by atoms with Gasteiger partial charge in [0.2, 0.25) is 0 Å². The summed E-state index contributed by atoms with van der Waals surface area (Å²) in [6, 6.07) is 19.2. The summed E-state index contributed by atoms with van der Waals surface area (Å²) < 4.78 is 10.7. The van der Waals surface area contributed by atoms with Crippen LogP contribution >= 0.6 is 11.8 Å². The molecule has 2 heterocycles. The Morgan fingerprint density at radius 3 is 2.85 bits per heavy atom. The lowest BCUT2D eigenvalue weighted by Gasteiger charge is -2.23. The maximum absolute atomic E-state index is 13.0. The van der Waals surface area contributed by atoms with E-state index in [1.54, 1.807) is 24.9 Å². The van der Waals surface area contributed by atoms with Crippen LogP contribution in [0.4, 0.5) is 0 Å². The number of thioether (sulfide) groups is 1. The Balaban J connectivity index is 1.58. The number of hydrogen-bond acceptors (Lipinski definition) is 5. The second-order valence-corrected chi connectivity index (χ2v) is 7.13. The summed E-state index contributed by atoms with van der Waals surface area (Å²) in [5.41, 5.74) is 2.28. The minimum Gasteiger partial charge on any atom is -0.497 e. The zero-order valence-electron chi connectivity index (χ0n) is 14.3. The van der Waals surface area contributed by atoms with E-state index in [4.69, 9.17) is 9.26 Å². The van der Waals surface area contributed by atoms with Crippen LogP contribution in [0.3, 0.4) is 0 Å². The molecule has 0 radical (unpaired) electrons. The van der Waals surface area contributed by atoms with E-state index in [0.29, 0.717) is 18.0 Å². The number of carbonyl (C=O) groups excluding carboxylic acids is 1. The fourth-order valence-electron chi connectivity index (χ4n) is 3.01. The Labute approximate surface area is 155 Å². The van der Waals surface area contributed by atoms with Crippen molar-refractivity contribution in [3.8, 4) is 17.1 Å². The number of nitrogens with zero attached hydrogens (tertiary/aromatic N) is 2. The number of benzene rings is 2. The Bertz CT molecular complexity index is 910. The first-order valence-corrected chi connectivity index (χ1v) is 9.40. The van der Waals surface area contributed by atoms with Gasteiger partial charge < -0.3 is 14.2 Å². The highest BCUT2D eigenvalue weighted by Crippen LogP contribution is 2.39. The number of rotatable bonds is 4. The molecule has 0 saturated carbocycles. The van der Waals surface area contributed by atoms with Crippen molar-refractivity contribution in [2.75, 3.05) is 19.4 Å². The predicted octanol–water partition coefficient (Wildman–Crippen LogP) is 4.24. The van der Waals surface area contributed by atoms with Gasteiger partial charge in [-0.3, -0.25) is 4.79 Å². The lowest BCUT2D eigenvalue weighted by Crippen LogP contribution is -2.30. The Morgan fingerprint density at radius 1 is 1.19 bits per heavy atom. The number of carbonyl (C=O) groups is 1. The van der Waals surface area contributed by atoms with Crippen LogP contribution in [0.15, 0.2) is 65.2 Å². The van der Waals surface area contributed by atoms with Crippen LogP contribution < -0.4 is 4.74 Å². The van der Waals surface area contributed by atoms with E-state index in [1.807, 2.05) is 59.5 Å². The van der Waals surface area contributed by atoms with Gasteiger partial charge in [0.05, 0.1) is 7.11 Å². The van der Waals surface area contributed by atoms with E-state index in [1.165, 1.54) is 0 Å². The third kappa shape index (κ3) is 3.20. The predicted molar refractivity (Wildman–Crippen MR) is 101 cm³/mol. The van der Waals surface area contributed by atoms with Crippen LogP contribution in [0, 0.1) is 0 Å². The molecule has 0 N–H and O–H groups in total. The van der Waals surface area contributed by atoms with Crippen molar-refractivity contribution in [1.82, 2.24) is 10.1 Å². The van der Waals surface area contributed by atoms with E-state index in [-0.39, 0.29) is 11.3 Å². The molecule has 26 heavy (non-hydrogen) atoms. The standard InChI is InChI=1S/C20H18N2O3S/c1-24-16-9-5-8-15(12-16)20-22(10-11-26-20)19(23)17-13-18(25-21-17)14-6-3-2-4-7-14/h2-9,12-13,20H,10-11H2,1H3/t20-/m1/s1. The van der Waals surface area contributed by atoms with Crippen LogP contribution in [0.1, 0.15) is 21.4 Å².